The van der Waals surface area contributed by atoms with Crippen LogP contribution in [0.15, 0.2) is 30.3 Å². The molecule has 0 amide bonds. The molecule has 1 nitrogen and oxygen atoms in total. The van der Waals surface area contributed by atoms with Crippen molar-refractivity contribution in [2.24, 2.45) is 0 Å². The second-order valence-electron chi connectivity index (χ2n) is 4.37. The minimum Gasteiger partial charge on any atom is -0.307 e. The van der Waals surface area contributed by atoms with Gasteiger partial charge in [0.1, 0.15) is 0 Å². The van der Waals surface area contributed by atoms with Crippen LogP contribution in [0.3, 0.4) is 0 Å². The minimum atomic E-state index is 0.376. The maximum atomic E-state index is 2.33. The lowest BCUT2D eigenvalue weighted by Crippen LogP contribution is -2.43. The summed E-state index contributed by atoms with van der Waals surface area (Å²) >= 11 is 0. The van der Waals surface area contributed by atoms with Crippen LogP contribution in [0.25, 0.3) is 0 Å². The predicted octanol–water partition coefficient (Wildman–Crippen LogP) is 0.872. The Kier molecular flexibility index (Phi) is 3.28. The molecule has 0 N–H and O–H groups in total. The Morgan fingerprint density at radius 1 is 1.23 bits per heavy atom. The quantitative estimate of drug-likeness (QED) is 0.644. The smallest absolute Gasteiger partial charge is 0.0284 e. The van der Waals surface area contributed by atoms with Crippen LogP contribution in [0.2, 0.25) is 0 Å². The molecule has 0 aliphatic heterocycles. The van der Waals surface area contributed by atoms with Crippen molar-refractivity contribution in [3.05, 3.63) is 35.9 Å². The average molecular weight is 193 g/mol. The van der Waals surface area contributed by atoms with Gasteiger partial charge in [-0.1, -0.05) is 37.3 Å². The molecule has 0 spiro atoms. The van der Waals surface area contributed by atoms with E-state index in [1.54, 1.807) is 0 Å². The highest BCUT2D eigenvalue weighted by atomic mass is 28.1. The fourth-order valence-corrected chi connectivity index (χ4v) is 1.66. The molecule has 0 fully saturated rings. The second kappa shape index (κ2) is 4.07. The van der Waals surface area contributed by atoms with E-state index in [4.69, 9.17) is 0 Å². The summed E-state index contributed by atoms with van der Waals surface area (Å²) in [6.07, 6.45) is 1.16. The fraction of sp³-hybridized carbons (Fsp3) is 0.455. The average Bonchev–Trinajstić information content (AvgIpc) is 2.05. The summed E-state index contributed by atoms with van der Waals surface area (Å²) in [4.78, 5) is 2.33. The van der Waals surface area contributed by atoms with Crippen molar-refractivity contribution in [1.29, 1.82) is 0 Å². The van der Waals surface area contributed by atoms with Crippen LogP contribution >= 0.6 is 0 Å². The summed E-state index contributed by atoms with van der Waals surface area (Å²) in [6.45, 7) is 2.33. The zero-order valence-corrected chi connectivity index (χ0v) is 11.0. The van der Waals surface area contributed by atoms with Crippen LogP contribution < -0.4 is 0 Å². The van der Waals surface area contributed by atoms with E-state index >= 15 is 0 Å². The maximum Gasteiger partial charge on any atom is 0.0284 e. The van der Waals surface area contributed by atoms with Crippen molar-refractivity contribution >= 4 is 10.2 Å². The molecule has 1 unspecified atom stereocenters. The highest BCUT2D eigenvalue weighted by Gasteiger charge is 2.20. The standard InChI is InChI=1S/C11H19NSi/c1-11(13,12(2)3)9-10-7-5-4-6-8-10/h4-8H,9H2,1-3,13H3. The number of nitrogens with zero attached hydrogens (tertiary/aromatic N) is 1. The van der Waals surface area contributed by atoms with Gasteiger partial charge in [0, 0.05) is 15.4 Å². The second-order valence-corrected chi connectivity index (χ2v) is 6.52. The van der Waals surface area contributed by atoms with Gasteiger partial charge in [-0.05, 0) is 26.1 Å². The highest BCUT2D eigenvalue weighted by Crippen LogP contribution is 2.13. The Morgan fingerprint density at radius 2 is 1.77 bits per heavy atom. The van der Waals surface area contributed by atoms with Crippen molar-refractivity contribution in [1.82, 2.24) is 4.90 Å². The van der Waals surface area contributed by atoms with Gasteiger partial charge in [-0.25, -0.2) is 0 Å². The van der Waals surface area contributed by atoms with E-state index in [0.717, 1.165) is 6.42 Å². The molecule has 1 rings (SSSR count). The zero-order chi connectivity index (χ0) is 9.90. The third-order valence-corrected chi connectivity index (χ3v) is 3.94. The third-order valence-electron chi connectivity index (χ3n) is 2.69. The summed E-state index contributed by atoms with van der Waals surface area (Å²) in [7, 11) is 5.52. The molecular formula is C11H19NSi. The van der Waals surface area contributed by atoms with Gasteiger partial charge in [0.15, 0.2) is 0 Å². The first-order valence-corrected chi connectivity index (χ1v) is 5.74. The predicted molar refractivity (Wildman–Crippen MR) is 62.2 cm³/mol. The van der Waals surface area contributed by atoms with Gasteiger partial charge < -0.3 is 4.90 Å². The van der Waals surface area contributed by atoms with Crippen molar-refractivity contribution in [3.63, 3.8) is 0 Å². The van der Waals surface area contributed by atoms with Gasteiger partial charge in [0.25, 0.3) is 0 Å². The summed E-state index contributed by atoms with van der Waals surface area (Å²) < 4.78 is 0. The minimum absolute atomic E-state index is 0.376. The number of hydrogen-bond acceptors (Lipinski definition) is 1. The van der Waals surface area contributed by atoms with Crippen LogP contribution in [0.5, 0.6) is 0 Å². The molecule has 0 radical (unpaired) electrons. The van der Waals surface area contributed by atoms with E-state index in [0.29, 0.717) is 5.16 Å². The van der Waals surface area contributed by atoms with Crippen LogP contribution in [0.4, 0.5) is 0 Å². The zero-order valence-electron chi connectivity index (χ0n) is 9.04. The third kappa shape index (κ3) is 2.97. The molecule has 0 saturated heterocycles. The van der Waals surface area contributed by atoms with Crippen LogP contribution in [0.1, 0.15) is 12.5 Å². The largest absolute Gasteiger partial charge is 0.307 e. The molecule has 0 aliphatic carbocycles. The van der Waals surface area contributed by atoms with Crippen molar-refractivity contribution < 1.29 is 0 Å². The van der Waals surface area contributed by atoms with Gasteiger partial charge in [-0.15, -0.1) is 0 Å². The normalized spacial score (nSPS) is 16.0. The first-order chi connectivity index (χ1) is 6.02. The van der Waals surface area contributed by atoms with E-state index in [2.05, 4.69) is 56.3 Å². The molecule has 1 aromatic rings. The van der Waals surface area contributed by atoms with E-state index in [9.17, 15) is 0 Å². The molecule has 2 heteroatoms. The van der Waals surface area contributed by atoms with Crippen LogP contribution in [0, 0.1) is 0 Å². The van der Waals surface area contributed by atoms with E-state index < -0.39 is 0 Å². The Morgan fingerprint density at radius 3 is 2.23 bits per heavy atom. The molecule has 1 atom stereocenters. The Bertz CT molecular complexity index is 254. The van der Waals surface area contributed by atoms with Crippen LogP contribution in [-0.4, -0.2) is 34.4 Å². The van der Waals surface area contributed by atoms with Gasteiger partial charge >= 0.3 is 0 Å². The molecule has 0 aromatic heterocycles. The summed E-state index contributed by atoms with van der Waals surface area (Å²) in [5, 5.41) is 0.376. The number of likely N-dealkylation sites (N-methyl/N-ethyl adjacent to an activating group) is 1. The highest BCUT2D eigenvalue weighted by molar-refractivity contribution is 6.15. The van der Waals surface area contributed by atoms with Crippen molar-refractivity contribution in [2.45, 2.75) is 18.5 Å². The fourth-order valence-electron chi connectivity index (χ4n) is 1.25. The lowest BCUT2D eigenvalue weighted by atomic mass is 10.1. The molecule has 0 bridgehead atoms. The number of hydrogen-bond donors (Lipinski definition) is 0. The van der Waals surface area contributed by atoms with Gasteiger partial charge in [0.05, 0.1) is 0 Å². The van der Waals surface area contributed by atoms with Gasteiger partial charge in [0.2, 0.25) is 0 Å². The van der Waals surface area contributed by atoms with Crippen LogP contribution in [-0.2, 0) is 6.42 Å². The number of rotatable bonds is 3. The van der Waals surface area contributed by atoms with Gasteiger partial charge in [-0.3, -0.25) is 0 Å². The summed E-state index contributed by atoms with van der Waals surface area (Å²) in [5.41, 5.74) is 1.44. The first kappa shape index (κ1) is 10.5. The molecule has 0 heterocycles. The van der Waals surface area contributed by atoms with E-state index in [1.165, 1.54) is 15.8 Å². The monoisotopic (exact) mass is 193 g/mol. The Hall–Kier alpha value is -0.603. The molecular weight excluding hydrogens is 174 g/mol. The van der Waals surface area contributed by atoms with Crippen molar-refractivity contribution in [2.75, 3.05) is 14.1 Å². The molecule has 0 saturated carbocycles. The first-order valence-electron chi connectivity index (χ1n) is 4.74. The van der Waals surface area contributed by atoms with Crippen molar-refractivity contribution in [3.8, 4) is 0 Å². The Labute approximate surface area is 84.2 Å². The molecule has 0 aliphatic rings. The number of benzene rings is 1. The SMILES string of the molecule is CN(C)C(C)([SiH3])Cc1ccccc1. The molecule has 1 aromatic carbocycles. The lowest BCUT2D eigenvalue weighted by Gasteiger charge is -2.32. The summed E-state index contributed by atoms with van der Waals surface area (Å²) in [5.74, 6) is 0. The lowest BCUT2D eigenvalue weighted by molar-refractivity contribution is 0.267. The molecule has 13 heavy (non-hydrogen) atoms. The van der Waals surface area contributed by atoms with E-state index in [1.807, 2.05) is 0 Å². The van der Waals surface area contributed by atoms with Gasteiger partial charge in [-0.2, -0.15) is 0 Å². The maximum absolute atomic E-state index is 2.33. The topological polar surface area (TPSA) is 3.24 Å². The van der Waals surface area contributed by atoms with E-state index in [-0.39, 0.29) is 0 Å². The molecule has 72 valence electrons. The Balaban J connectivity index is 2.69. The summed E-state index contributed by atoms with van der Waals surface area (Å²) in [6, 6.07) is 10.7.